The minimum Gasteiger partial charge on any atom is -0.427 e. The maximum absolute atomic E-state index is 12.6. The summed E-state index contributed by atoms with van der Waals surface area (Å²) < 4.78 is 13.8. The maximum Gasteiger partial charge on any atom is 0.349 e. The van der Waals surface area contributed by atoms with E-state index in [2.05, 4.69) is 19.4 Å². The lowest BCUT2D eigenvalue weighted by Crippen LogP contribution is -2.31. The van der Waals surface area contributed by atoms with E-state index in [9.17, 15) is 9.59 Å². The molecule has 9 heteroatoms. The van der Waals surface area contributed by atoms with Crippen molar-refractivity contribution in [3.05, 3.63) is 57.1 Å². The Labute approximate surface area is 172 Å². The predicted molar refractivity (Wildman–Crippen MR) is 110 cm³/mol. The molecule has 1 fully saturated rings. The number of aryl methyl sites for hydroxylation is 1. The Bertz CT molecular complexity index is 1040. The van der Waals surface area contributed by atoms with E-state index in [1.165, 1.54) is 0 Å². The Balaban J connectivity index is 0.00000225. The zero-order valence-corrected chi connectivity index (χ0v) is 17.0. The van der Waals surface area contributed by atoms with Crippen LogP contribution in [0.2, 0.25) is 0 Å². The van der Waals surface area contributed by atoms with Gasteiger partial charge in [0.15, 0.2) is 0 Å². The van der Waals surface area contributed by atoms with Crippen LogP contribution < -0.4 is 16.3 Å². The van der Waals surface area contributed by atoms with Crippen molar-refractivity contribution in [3.8, 4) is 0 Å². The van der Waals surface area contributed by atoms with E-state index in [0.29, 0.717) is 17.9 Å². The monoisotopic (exact) mass is 420 g/mol. The van der Waals surface area contributed by atoms with Gasteiger partial charge in [0.2, 0.25) is 0 Å². The van der Waals surface area contributed by atoms with E-state index in [1.54, 1.807) is 6.92 Å². The molecule has 3 aromatic rings. The topological polar surface area (TPSA) is 97.1 Å². The normalized spacial score (nSPS) is 16.5. The first-order valence-corrected chi connectivity index (χ1v) is 9.69. The number of nitrogens with zero attached hydrogens (tertiary/aromatic N) is 2. The third-order valence-electron chi connectivity index (χ3n) is 4.87. The van der Waals surface area contributed by atoms with Crippen LogP contribution in [0.5, 0.6) is 0 Å². The Hall–Kier alpha value is -2.29. The molecule has 2 aromatic heterocycles. The zero-order chi connectivity index (χ0) is 18.8. The van der Waals surface area contributed by atoms with E-state index >= 15 is 0 Å². The molecule has 0 radical (unpaired) electrons. The molecule has 0 bridgehead atoms. The van der Waals surface area contributed by atoms with Crippen LogP contribution in [-0.2, 0) is 6.54 Å². The summed E-state index contributed by atoms with van der Waals surface area (Å²) in [7, 11) is 0. The fourth-order valence-corrected chi connectivity index (χ4v) is 3.93. The van der Waals surface area contributed by atoms with Crippen LogP contribution in [0.3, 0.4) is 0 Å². The third kappa shape index (κ3) is 4.24. The van der Waals surface area contributed by atoms with Gasteiger partial charge in [0.1, 0.15) is 22.4 Å². The fourth-order valence-electron chi connectivity index (χ4n) is 3.41. The van der Waals surface area contributed by atoms with Crippen molar-refractivity contribution in [1.82, 2.24) is 19.4 Å². The molecule has 0 aliphatic carbocycles. The van der Waals surface area contributed by atoms with Crippen LogP contribution in [-0.4, -0.2) is 27.7 Å². The van der Waals surface area contributed by atoms with Gasteiger partial charge in [-0.3, -0.25) is 4.79 Å². The minimum absolute atomic E-state index is 0. The van der Waals surface area contributed by atoms with Crippen molar-refractivity contribution in [2.75, 3.05) is 13.1 Å². The van der Waals surface area contributed by atoms with E-state index in [0.717, 1.165) is 54.3 Å². The van der Waals surface area contributed by atoms with Gasteiger partial charge in [-0.2, -0.15) is 8.75 Å². The number of carbonyl (C=O) groups is 1. The molecular weight excluding hydrogens is 400 g/mol. The van der Waals surface area contributed by atoms with E-state index in [4.69, 9.17) is 4.42 Å². The molecule has 7 nitrogen and oxygen atoms in total. The van der Waals surface area contributed by atoms with E-state index < -0.39 is 11.5 Å². The molecule has 1 atom stereocenters. The number of hydrogen-bond acceptors (Lipinski definition) is 7. The van der Waals surface area contributed by atoms with Gasteiger partial charge in [0, 0.05) is 19.0 Å². The first kappa shape index (κ1) is 20.4. The molecule has 1 aliphatic heterocycles. The summed E-state index contributed by atoms with van der Waals surface area (Å²) in [6.45, 7) is 3.86. The largest absolute Gasteiger partial charge is 0.427 e. The second-order valence-electron chi connectivity index (χ2n) is 6.81. The SMILES string of the molecule is Cc1cc(C2CCCNC2)oc(=O)c1C(=O)NCc1ccc2nsnc2c1.Cl. The predicted octanol–water partition coefficient (Wildman–Crippen LogP) is 2.77. The highest BCUT2D eigenvalue weighted by Gasteiger charge is 2.22. The molecule has 1 aliphatic rings. The van der Waals surface area contributed by atoms with E-state index in [-0.39, 0.29) is 23.9 Å². The standard InChI is InChI=1S/C19H20N4O3S.ClH/c1-11-7-16(13-3-2-6-20-10-13)26-19(25)17(11)18(24)21-9-12-4-5-14-15(8-12)23-27-22-14;/h4-5,7-8,13,20H,2-3,6,9-10H2,1H3,(H,21,24);1H. The van der Waals surface area contributed by atoms with Crippen LogP contribution in [0, 0.1) is 6.92 Å². The molecule has 3 heterocycles. The van der Waals surface area contributed by atoms with Gasteiger partial charge in [0.05, 0.1) is 11.7 Å². The highest BCUT2D eigenvalue weighted by molar-refractivity contribution is 7.00. The highest BCUT2D eigenvalue weighted by Crippen LogP contribution is 2.23. The number of rotatable bonds is 4. The lowest BCUT2D eigenvalue weighted by Gasteiger charge is -2.22. The summed E-state index contributed by atoms with van der Waals surface area (Å²) in [5.41, 5.74) is 2.66. The number of nitrogens with one attached hydrogen (secondary N) is 2. The number of carbonyl (C=O) groups excluding carboxylic acids is 1. The lowest BCUT2D eigenvalue weighted by atomic mass is 9.95. The van der Waals surface area contributed by atoms with Crippen molar-refractivity contribution in [2.24, 2.45) is 0 Å². The molecule has 148 valence electrons. The number of piperidine rings is 1. The van der Waals surface area contributed by atoms with Gasteiger partial charge in [0.25, 0.3) is 5.91 Å². The van der Waals surface area contributed by atoms with Crippen molar-refractivity contribution < 1.29 is 9.21 Å². The second kappa shape index (κ2) is 8.81. The van der Waals surface area contributed by atoms with Gasteiger partial charge in [-0.15, -0.1) is 12.4 Å². The molecule has 1 aromatic carbocycles. The number of fused-ring (bicyclic) bond motifs is 1. The van der Waals surface area contributed by atoms with Gasteiger partial charge in [-0.25, -0.2) is 4.79 Å². The summed E-state index contributed by atoms with van der Waals surface area (Å²) >= 11 is 1.15. The van der Waals surface area contributed by atoms with Crippen molar-refractivity contribution in [2.45, 2.75) is 32.2 Å². The number of benzene rings is 1. The summed E-state index contributed by atoms with van der Waals surface area (Å²) in [6.07, 6.45) is 2.03. The molecule has 0 spiro atoms. The molecule has 1 saturated heterocycles. The number of amides is 1. The number of hydrogen-bond donors (Lipinski definition) is 2. The van der Waals surface area contributed by atoms with Crippen molar-refractivity contribution >= 4 is 41.1 Å². The quantitative estimate of drug-likeness (QED) is 0.673. The van der Waals surface area contributed by atoms with Crippen LogP contribution in [0.25, 0.3) is 11.0 Å². The van der Waals surface area contributed by atoms with Crippen LogP contribution in [0.1, 0.15) is 46.0 Å². The average Bonchev–Trinajstić information content (AvgIpc) is 3.14. The Morgan fingerprint density at radius 1 is 1.32 bits per heavy atom. The Morgan fingerprint density at radius 3 is 2.89 bits per heavy atom. The van der Waals surface area contributed by atoms with Crippen LogP contribution >= 0.6 is 24.1 Å². The molecular formula is C19H21ClN4O3S. The van der Waals surface area contributed by atoms with Crippen molar-refractivity contribution in [1.29, 1.82) is 0 Å². The van der Waals surface area contributed by atoms with Gasteiger partial charge >= 0.3 is 5.63 Å². The summed E-state index contributed by atoms with van der Waals surface area (Å²) in [4.78, 5) is 25.0. The molecule has 28 heavy (non-hydrogen) atoms. The molecule has 2 N–H and O–H groups in total. The molecule has 1 unspecified atom stereocenters. The molecule has 4 rings (SSSR count). The summed E-state index contributed by atoms with van der Waals surface area (Å²) in [5, 5.41) is 6.11. The maximum atomic E-state index is 12.6. The highest BCUT2D eigenvalue weighted by atomic mass is 35.5. The average molecular weight is 421 g/mol. The lowest BCUT2D eigenvalue weighted by molar-refractivity contribution is 0.0945. The minimum atomic E-state index is -0.577. The smallest absolute Gasteiger partial charge is 0.349 e. The number of aromatic nitrogens is 2. The third-order valence-corrected chi connectivity index (χ3v) is 5.42. The fraction of sp³-hybridized carbons (Fsp3) is 0.368. The van der Waals surface area contributed by atoms with Crippen molar-refractivity contribution in [3.63, 3.8) is 0 Å². The Kier molecular flexibility index (Phi) is 6.43. The zero-order valence-electron chi connectivity index (χ0n) is 15.4. The summed E-state index contributed by atoms with van der Waals surface area (Å²) in [5.74, 6) is 0.412. The van der Waals surface area contributed by atoms with Gasteiger partial charge in [-0.05, 0) is 55.6 Å². The first-order valence-electron chi connectivity index (χ1n) is 8.96. The second-order valence-corrected chi connectivity index (χ2v) is 7.34. The Morgan fingerprint density at radius 2 is 2.14 bits per heavy atom. The molecule has 1 amide bonds. The van der Waals surface area contributed by atoms with Gasteiger partial charge in [-0.1, -0.05) is 6.07 Å². The van der Waals surface area contributed by atoms with Crippen LogP contribution in [0.4, 0.5) is 0 Å². The van der Waals surface area contributed by atoms with E-state index in [1.807, 2.05) is 24.3 Å². The van der Waals surface area contributed by atoms with Crippen LogP contribution in [0.15, 0.2) is 33.5 Å². The summed E-state index contributed by atoms with van der Waals surface area (Å²) in [6, 6.07) is 7.46. The van der Waals surface area contributed by atoms with Gasteiger partial charge < -0.3 is 15.1 Å². The first-order chi connectivity index (χ1) is 13.1. The molecule has 0 saturated carbocycles. The number of halogens is 1.